The van der Waals surface area contributed by atoms with Crippen molar-refractivity contribution < 1.29 is 17.6 Å². The third-order valence-electron chi connectivity index (χ3n) is 1.46. The van der Waals surface area contributed by atoms with E-state index in [-0.39, 0.29) is 5.56 Å². The minimum Gasteiger partial charge on any atom is -0.469 e. The van der Waals surface area contributed by atoms with Crippen molar-refractivity contribution in [1.29, 1.82) is 0 Å². The lowest BCUT2D eigenvalue weighted by atomic mass is 10.1. The first-order chi connectivity index (χ1) is 5.41. The van der Waals surface area contributed by atoms with Gasteiger partial charge in [0.15, 0.2) is 0 Å². The SMILES string of the molecule is Cc1cc(C(N)C(F)(F)F)co1. The van der Waals surface area contributed by atoms with Crippen LogP contribution in [0.2, 0.25) is 0 Å². The molecule has 0 saturated heterocycles. The summed E-state index contributed by atoms with van der Waals surface area (Å²) in [6.07, 6.45) is -3.39. The van der Waals surface area contributed by atoms with Gasteiger partial charge in [0.1, 0.15) is 11.8 Å². The molecule has 1 aromatic rings. The topological polar surface area (TPSA) is 39.2 Å². The lowest BCUT2D eigenvalue weighted by molar-refractivity contribution is -0.149. The lowest BCUT2D eigenvalue weighted by Gasteiger charge is -2.12. The number of hydrogen-bond donors (Lipinski definition) is 1. The van der Waals surface area contributed by atoms with Gasteiger partial charge in [0.2, 0.25) is 0 Å². The van der Waals surface area contributed by atoms with Crippen molar-refractivity contribution in [2.24, 2.45) is 5.73 Å². The van der Waals surface area contributed by atoms with Crippen LogP contribution in [0.15, 0.2) is 16.7 Å². The molecule has 0 fully saturated rings. The highest BCUT2D eigenvalue weighted by molar-refractivity contribution is 5.17. The van der Waals surface area contributed by atoms with Gasteiger partial charge in [-0.1, -0.05) is 0 Å². The van der Waals surface area contributed by atoms with E-state index >= 15 is 0 Å². The summed E-state index contributed by atoms with van der Waals surface area (Å²) < 4.78 is 40.6. The van der Waals surface area contributed by atoms with Crippen molar-refractivity contribution in [3.63, 3.8) is 0 Å². The molecule has 0 radical (unpaired) electrons. The van der Waals surface area contributed by atoms with Gasteiger partial charge in [-0.3, -0.25) is 0 Å². The molecule has 0 aliphatic heterocycles. The van der Waals surface area contributed by atoms with Crippen LogP contribution >= 0.6 is 0 Å². The molecule has 68 valence electrons. The monoisotopic (exact) mass is 179 g/mol. The summed E-state index contributed by atoms with van der Waals surface area (Å²) in [7, 11) is 0. The fourth-order valence-corrected chi connectivity index (χ4v) is 0.816. The Bertz CT molecular complexity index is 266. The summed E-state index contributed by atoms with van der Waals surface area (Å²) in [6.45, 7) is 1.56. The normalized spacial score (nSPS) is 14.8. The van der Waals surface area contributed by atoms with Gasteiger partial charge in [0.05, 0.1) is 6.26 Å². The summed E-state index contributed by atoms with van der Waals surface area (Å²) in [5, 5.41) is 0. The van der Waals surface area contributed by atoms with Crippen LogP contribution in [0.25, 0.3) is 0 Å². The zero-order valence-electron chi connectivity index (χ0n) is 6.35. The second-order valence-corrected chi connectivity index (χ2v) is 2.51. The Balaban J connectivity index is 2.85. The molecule has 12 heavy (non-hydrogen) atoms. The molecule has 2 nitrogen and oxygen atoms in total. The second-order valence-electron chi connectivity index (χ2n) is 2.51. The third-order valence-corrected chi connectivity index (χ3v) is 1.46. The van der Waals surface area contributed by atoms with E-state index in [9.17, 15) is 13.2 Å². The van der Waals surface area contributed by atoms with Crippen LogP contribution in [0, 0.1) is 6.92 Å². The number of nitrogens with two attached hydrogens (primary N) is 1. The summed E-state index contributed by atoms with van der Waals surface area (Å²) in [6, 6.07) is -0.673. The van der Waals surface area contributed by atoms with Gasteiger partial charge in [0, 0.05) is 5.56 Å². The fourth-order valence-electron chi connectivity index (χ4n) is 0.816. The molecule has 0 bridgehead atoms. The number of halogens is 3. The third kappa shape index (κ3) is 1.79. The Kier molecular flexibility index (Phi) is 2.14. The Labute approximate surface area is 67.2 Å². The van der Waals surface area contributed by atoms with Crippen molar-refractivity contribution in [3.8, 4) is 0 Å². The minimum atomic E-state index is -4.41. The number of rotatable bonds is 1. The smallest absolute Gasteiger partial charge is 0.407 e. The van der Waals surface area contributed by atoms with Gasteiger partial charge < -0.3 is 10.2 Å². The van der Waals surface area contributed by atoms with Crippen molar-refractivity contribution in [1.82, 2.24) is 0 Å². The molecule has 1 unspecified atom stereocenters. The van der Waals surface area contributed by atoms with Crippen molar-refractivity contribution in [3.05, 3.63) is 23.7 Å². The fraction of sp³-hybridized carbons (Fsp3) is 0.429. The van der Waals surface area contributed by atoms with E-state index in [0.29, 0.717) is 5.76 Å². The average molecular weight is 179 g/mol. The Morgan fingerprint density at radius 1 is 1.50 bits per heavy atom. The Morgan fingerprint density at radius 3 is 2.42 bits per heavy atom. The van der Waals surface area contributed by atoms with Crippen LogP contribution < -0.4 is 5.73 Å². The van der Waals surface area contributed by atoms with Gasteiger partial charge >= 0.3 is 6.18 Å². The minimum absolute atomic E-state index is 0.0417. The molecule has 5 heteroatoms. The maximum Gasteiger partial charge on any atom is 0.407 e. The lowest BCUT2D eigenvalue weighted by Crippen LogP contribution is -2.27. The van der Waals surface area contributed by atoms with Gasteiger partial charge in [0.25, 0.3) is 0 Å². The van der Waals surface area contributed by atoms with E-state index in [1.165, 1.54) is 6.07 Å². The van der Waals surface area contributed by atoms with Crippen LogP contribution in [0.5, 0.6) is 0 Å². The summed E-state index contributed by atoms with van der Waals surface area (Å²) in [5.74, 6) is 0.421. The van der Waals surface area contributed by atoms with Crippen molar-refractivity contribution in [2.45, 2.75) is 19.1 Å². The number of furan rings is 1. The molecule has 0 aromatic carbocycles. The van der Waals surface area contributed by atoms with E-state index in [2.05, 4.69) is 0 Å². The van der Waals surface area contributed by atoms with Gasteiger partial charge in [-0.2, -0.15) is 13.2 Å². The largest absolute Gasteiger partial charge is 0.469 e. The van der Waals surface area contributed by atoms with Crippen molar-refractivity contribution >= 4 is 0 Å². The maximum atomic E-state index is 12.0. The first kappa shape index (κ1) is 9.12. The molecular formula is C7H8F3NO. The first-order valence-electron chi connectivity index (χ1n) is 3.28. The van der Waals surface area contributed by atoms with Gasteiger partial charge in [-0.25, -0.2) is 0 Å². The quantitative estimate of drug-likeness (QED) is 0.717. The average Bonchev–Trinajstić information content (AvgIpc) is 2.32. The molecule has 0 saturated carbocycles. The Hall–Kier alpha value is -0.970. The van der Waals surface area contributed by atoms with E-state index in [1.54, 1.807) is 6.92 Å². The van der Waals surface area contributed by atoms with E-state index < -0.39 is 12.2 Å². The molecular weight excluding hydrogens is 171 g/mol. The molecule has 1 rings (SSSR count). The van der Waals surface area contributed by atoms with Crippen LogP contribution in [-0.4, -0.2) is 6.18 Å². The maximum absolute atomic E-state index is 12.0. The number of alkyl halides is 3. The van der Waals surface area contributed by atoms with Gasteiger partial charge in [-0.15, -0.1) is 0 Å². The second kappa shape index (κ2) is 2.82. The van der Waals surface area contributed by atoms with Crippen LogP contribution in [0.3, 0.4) is 0 Å². The first-order valence-corrected chi connectivity index (χ1v) is 3.28. The highest BCUT2D eigenvalue weighted by Crippen LogP contribution is 2.30. The van der Waals surface area contributed by atoms with E-state index in [1.807, 2.05) is 0 Å². The van der Waals surface area contributed by atoms with Gasteiger partial charge in [-0.05, 0) is 13.0 Å². The van der Waals surface area contributed by atoms with Crippen molar-refractivity contribution in [2.75, 3.05) is 0 Å². The molecule has 0 aliphatic carbocycles. The zero-order valence-corrected chi connectivity index (χ0v) is 6.35. The standard InChI is InChI=1S/C7H8F3NO/c1-4-2-5(3-12-4)6(11)7(8,9)10/h2-3,6H,11H2,1H3. The molecule has 0 spiro atoms. The van der Waals surface area contributed by atoms with E-state index in [4.69, 9.17) is 10.2 Å². The van der Waals surface area contributed by atoms with E-state index in [0.717, 1.165) is 6.26 Å². The van der Waals surface area contributed by atoms with Crippen LogP contribution in [0.4, 0.5) is 13.2 Å². The number of aryl methyl sites for hydroxylation is 1. The molecule has 1 aromatic heterocycles. The zero-order chi connectivity index (χ0) is 9.35. The highest BCUT2D eigenvalue weighted by atomic mass is 19.4. The molecule has 1 atom stereocenters. The summed E-state index contributed by atoms with van der Waals surface area (Å²) in [5.41, 5.74) is 4.86. The predicted octanol–water partition coefficient (Wildman–Crippen LogP) is 2.15. The highest BCUT2D eigenvalue weighted by Gasteiger charge is 2.38. The molecule has 2 N–H and O–H groups in total. The van der Waals surface area contributed by atoms with Crippen LogP contribution in [-0.2, 0) is 0 Å². The summed E-state index contributed by atoms with van der Waals surface area (Å²) >= 11 is 0. The summed E-state index contributed by atoms with van der Waals surface area (Å²) in [4.78, 5) is 0. The Morgan fingerprint density at radius 2 is 2.08 bits per heavy atom. The number of hydrogen-bond acceptors (Lipinski definition) is 2. The predicted molar refractivity (Wildman–Crippen MR) is 36.4 cm³/mol. The van der Waals surface area contributed by atoms with Crippen LogP contribution in [0.1, 0.15) is 17.4 Å². The molecule has 0 amide bonds. The molecule has 1 heterocycles. The molecule has 0 aliphatic rings.